The molecule has 1 aromatic carbocycles. The topological polar surface area (TPSA) is 23.5 Å². The summed E-state index contributed by atoms with van der Waals surface area (Å²) in [5.74, 6) is 0. The first kappa shape index (κ1) is 12.8. The molecular weight excluding hydrogens is 198 g/mol. The highest BCUT2D eigenvalue weighted by atomic mass is 16.3. The largest absolute Gasteiger partial charge is 0.389 e. The lowest BCUT2D eigenvalue weighted by Gasteiger charge is -2.26. The van der Waals surface area contributed by atoms with Crippen LogP contribution in [0.15, 0.2) is 36.9 Å². The van der Waals surface area contributed by atoms with Gasteiger partial charge in [0.2, 0.25) is 0 Å². The van der Waals surface area contributed by atoms with E-state index in [4.69, 9.17) is 0 Å². The van der Waals surface area contributed by atoms with Gasteiger partial charge in [0.05, 0.1) is 6.10 Å². The van der Waals surface area contributed by atoms with Crippen molar-refractivity contribution in [3.8, 4) is 0 Å². The summed E-state index contributed by atoms with van der Waals surface area (Å²) in [5.41, 5.74) is 2.09. The average molecular weight is 219 g/mol. The maximum absolute atomic E-state index is 9.74. The van der Waals surface area contributed by atoms with Gasteiger partial charge in [-0.3, -0.25) is 0 Å². The number of para-hydroxylation sites is 1. The molecule has 0 amide bonds. The zero-order chi connectivity index (χ0) is 12.0. The molecule has 0 aliphatic rings. The zero-order valence-electron chi connectivity index (χ0n) is 10.2. The van der Waals surface area contributed by atoms with E-state index in [1.54, 1.807) is 6.92 Å². The van der Waals surface area contributed by atoms with E-state index in [0.717, 1.165) is 30.8 Å². The summed E-state index contributed by atoms with van der Waals surface area (Å²) in [4.78, 5) is 2.25. The van der Waals surface area contributed by atoms with Gasteiger partial charge in [-0.15, -0.1) is 6.58 Å². The van der Waals surface area contributed by atoms with Crippen LogP contribution < -0.4 is 4.90 Å². The number of anilines is 1. The second-order valence-corrected chi connectivity index (χ2v) is 3.97. The first-order valence-corrected chi connectivity index (χ1v) is 5.83. The van der Waals surface area contributed by atoms with Crippen molar-refractivity contribution in [3.63, 3.8) is 0 Å². The molecule has 2 nitrogen and oxygen atoms in total. The molecular formula is C14H21NO. The van der Waals surface area contributed by atoms with Crippen molar-refractivity contribution in [2.45, 2.75) is 26.4 Å². The normalized spacial score (nSPS) is 12.2. The number of aliphatic hydroxyl groups excluding tert-OH is 1. The number of aliphatic hydroxyl groups is 1. The van der Waals surface area contributed by atoms with Gasteiger partial charge >= 0.3 is 0 Å². The minimum atomic E-state index is -0.430. The fourth-order valence-corrected chi connectivity index (χ4v) is 1.86. The molecule has 0 spiro atoms. The molecule has 0 radical (unpaired) electrons. The number of nitrogens with zero attached hydrogens (tertiary/aromatic N) is 1. The van der Waals surface area contributed by atoms with Crippen molar-refractivity contribution in [1.29, 1.82) is 0 Å². The molecule has 0 fully saturated rings. The van der Waals surface area contributed by atoms with Crippen molar-refractivity contribution in [2.24, 2.45) is 0 Å². The van der Waals surface area contributed by atoms with E-state index >= 15 is 0 Å². The molecule has 1 atom stereocenters. The Bertz CT molecular complexity index is 333. The van der Waals surface area contributed by atoms with Crippen molar-refractivity contribution in [1.82, 2.24) is 0 Å². The molecule has 16 heavy (non-hydrogen) atoms. The Morgan fingerprint density at radius 1 is 1.44 bits per heavy atom. The molecule has 1 aromatic rings. The molecule has 1 N–H and O–H groups in total. The number of hydrogen-bond donors (Lipinski definition) is 1. The minimum absolute atomic E-state index is 0.430. The first-order chi connectivity index (χ1) is 7.70. The summed E-state index contributed by atoms with van der Waals surface area (Å²) < 4.78 is 0. The van der Waals surface area contributed by atoms with Gasteiger partial charge in [-0.25, -0.2) is 0 Å². The second kappa shape index (κ2) is 6.33. The lowest BCUT2D eigenvalue weighted by molar-refractivity contribution is 0.199. The molecule has 0 saturated heterocycles. The van der Waals surface area contributed by atoms with Crippen LogP contribution in [0.5, 0.6) is 0 Å². The predicted octanol–water partition coefficient (Wildman–Crippen LogP) is 3.14. The third-order valence-electron chi connectivity index (χ3n) is 2.57. The summed E-state index contributed by atoms with van der Waals surface area (Å²) in [6.45, 7) is 9.53. The summed E-state index contributed by atoms with van der Waals surface area (Å²) in [5, 5.41) is 9.74. The van der Waals surface area contributed by atoms with E-state index in [2.05, 4.69) is 24.5 Å². The lowest BCUT2D eigenvalue weighted by Crippen LogP contribution is -2.25. The van der Waals surface area contributed by atoms with E-state index in [1.165, 1.54) is 0 Å². The van der Waals surface area contributed by atoms with Gasteiger partial charge in [0.1, 0.15) is 0 Å². The van der Waals surface area contributed by atoms with Crippen LogP contribution in [-0.4, -0.2) is 18.2 Å². The van der Waals surface area contributed by atoms with Gasteiger partial charge in [0.25, 0.3) is 0 Å². The highest BCUT2D eigenvalue weighted by Crippen LogP contribution is 2.26. The smallest absolute Gasteiger partial charge is 0.0781 e. The van der Waals surface area contributed by atoms with Gasteiger partial charge < -0.3 is 10.0 Å². The van der Waals surface area contributed by atoms with Crippen molar-refractivity contribution < 1.29 is 5.11 Å². The fourth-order valence-electron chi connectivity index (χ4n) is 1.86. The van der Waals surface area contributed by atoms with Crippen LogP contribution in [0.25, 0.3) is 0 Å². The summed E-state index contributed by atoms with van der Waals surface area (Å²) in [7, 11) is 0. The number of rotatable bonds is 6. The van der Waals surface area contributed by atoms with Crippen LogP contribution in [0.2, 0.25) is 0 Å². The van der Waals surface area contributed by atoms with Crippen molar-refractivity contribution >= 4 is 5.69 Å². The fraction of sp³-hybridized carbons (Fsp3) is 0.429. The molecule has 0 saturated carbocycles. The van der Waals surface area contributed by atoms with Crippen LogP contribution >= 0.6 is 0 Å². The summed E-state index contributed by atoms with van der Waals surface area (Å²) in [6.07, 6.45) is 2.55. The van der Waals surface area contributed by atoms with E-state index in [0.29, 0.717) is 0 Å². The Hall–Kier alpha value is -1.28. The Kier molecular flexibility index (Phi) is 5.06. The van der Waals surface area contributed by atoms with Crippen LogP contribution in [0.4, 0.5) is 5.69 Å². The van der Waals surface area contributed by atoms with Crippen LogP contribution in [0.1, 0.15) is 31.9 Å². The molecule has 0 unspecified atom stereocenters. The first-order valence-electron chi connectivity index (χ1n) is 5.83. The maximum atomic E-state index is 9.74. The highest BCUT2D eigenvalue weighted by molar-refractivity contribution is 5.54. The highest BCUT2D eigenvalue weighted by Gasteiger charge is 2.11. The summed E-state index contributed by atoms with van der Waals surface area (Å²) in [6, 6.07) is 8.00. The predicted molar refractivity (Wildman–Crippen MR) is 69.8 cm³/mol. The van der Waals surface area contributed by atoms with Crippen LogP contribution in [0, 0.1) is 0 Å². The third kappa shape index (κ3) is 3.11. The summed E-state index contributed by atoms with van der Waals surface area (Å²) >= 11 is 0. The van der Waals surface area contributed by atoms with Gasteiger partial charge in [-0.1, -0.05) is 31.2 Å². The lowest BCUT2D eigenvalue weighted by atomic mass is 10.1. The zero-order valence-corrected chi connectivity index (χ0v) is 10.2. The monoisotopic (exact) mass is 219 g/mol. The molecule has 0 aromatic heterocycles. The van der Waals surface area contributed by atoms with Gasteiger partial charge in [-0.05, 0) is 19.4 Å². The second-order valence-electron chi connectivity index (χ2n) is 3.97. The molecule has 1 rings (SSSR count). The van der Waals surface area contributed by atoms with E-state index in [-0.39, 0.29) is 0 Å². The Balaban J connectivity index is 3.01. The third-order valence-corrected chi connectivity index (χ3v) is 2.57. The standard InChI is InChI=1S/C14H21NO/c1-4-10-15(11-5-2)14-9-7-6-8-13(14)12(3)16/h4,6-9,12,16H,1,5,10-11H2,2-3H3/t12-/m0/s1. The number of hydrogen-bond acceptors (Lipinski definition) is 2. The molecule has 0 heterocycles. The Labute approximate surface area is 98.2 Å². The van der Waals surface area contributed by atoms with Crippen molar-refractivity contribution in [2.75, 3.05) is 18.0 Å². The molecule has 0 bridgehead atoms. The minimum Gasteiger partial charge on any atom is -0.389 e. The van der Waals surface area contributed by atoms with Crippen LogP contribution in [-0.2, 0) is 0 Å². The maximum Gasteiger partial charge on any atom is 0.0781 e. The van der Waals surface area contributed by atoms with E-state index in [1.807, 2.05) is 24.3 Å². The molecule has 2 heteroatoms. The van der Waals surface area contributed by atoms with E-state index in [9.17, 15) is 5.11 Å². The SMILES string of the molecule is C=CCN(CCC)c1ccccc1[C@H](C)O. The molecule has 0 aliphatic carbocycles. The van der Waals surface area contributed by atoms with Crippen LogP contribution in [0.3, 0.4) is 0 Å². The van der Waals surface area contributed by atoms with Gasteiger partial charge in [-0.2, -0.15) is 0 Å². The van der Waals surface area contributed by atoms with E-state index < -0.39 is 6.10 Å². The average Bonchev–Trinajstić information content (AvgIpc) is 2.29. The quantitative estimate of drug-likeness (QED) is 0.743. The van der Waals surface area contributed by atoms with Gasteiger partial charge in [0, 0.05) is 24.3 Å². The Morgan fingerprint density at radius 3 is 2.69 bits per heavy atom. The van der Waals surface area contributed by atoms with Crippen molar-refractivity contribution in [3.05, 3.63) is 42.5 Å². The molecule has 88 valence electrons. The molecule has 0 aliphatic heterocycles. The number of benzene rings is 1. The van der Waals surface area contributed by atoms with Gasteiger partial charge in [0.15, 0.2) is 0 Å². The Morgan fingerprint density at radius 2 is 2.12 bits per heavy atom.